The van der Waals surface area contributed by atoms with Gasteiger partial charge in [-0.3, -0.25) is 9.59 Å². The quantitative estimate of drug-likeness (QED) is 0.325. The predicted octanol–water partition coefficient (Wildman–Crippen LogP) is 5.85. The van der Waals surface area contributed by atoms with Crippen molar-refractivity contribution in [3.05, 3.63) is 71.8 Å². The molecule has 0 aliphatic rings. The zero-order valence-corrected chi connectivity index (χ0v) is 19.2. The van der Waals surface area contributed by atoms with Gasteiger partial charge in [0.25, 0.3) is 0 Å². The summed E-state index contributed by atoms with van der Waals surface area (Å²) in [5.41, 5.74) is 2.36. The molecule has 0 heterocycles. The number of carbonyl (C=O) groups is 2. The van der Waals surface area contributed by atoms with Gasteiger partial charge in [-0.2, -0.15) is 0 Å². The molecule has 0 aromatic heterocycles. The van der Waals surface area contributed by atoms with Gasteiger partial charge < -0.3 is 25.4 Å². The van der Waals surface area contributed by atoms with Crippen LogP contribution in [-0.2, 0) is 9.59 Å². The van der Waals surface area contributed by atoms with Gasteiger partial charge in [0.1, 0.15) is 23.6 Å². The van der Waals surface area contributed by atoms with Gasteiger partial charge >= 0.3 is 0 Å². The molecular weight excluding hydrogens is 442 g/mol. The van der Waals surface area contributed by atoms with Crippen molar-refractivity contribution < 1.29 is 19.1 Å². The van der Waals surface area contributed by atoms with E-state index in [4.69, 9.17) is 21.1 Å². The molecule has 3 rings (SSSR count). The maximum absolute atomic E-state index is 12.6. The zero-order chi connectivity index (χ0) is 23.6. The molecule has 3 aromatic carbocycles. The van der Waals surface area contributed by atoms with Crippen molar-refractivity contribution in [2.45, 2.75) is 20.3 Å². The first-order valence-corrected chi connectivity index (χ1v) is 11.0. The summed E-state index contributed by atoms with van der Waals surface area (Å²) in [5, 5.41) is 9.25. The van der Waals surface area contributed by atoms with Gasteiger partial charge in [-0.1, -0.05) is 35.9 Å². The van der Waals surface area contributed by atoms with Crippen molar-refractivity contribution >= 4 is 46.2 Å². The van der Waals surface area contributed by atoms with E-state index in [9.17, 15) is 9.59 Å². The number of hydrogen-bond acceptors (Lipinski definition) is 5. The molecule has 172 valence electrons. The van der Waals surface area contributed by atoms with Crippen LogP contribution in [0.3, 0.4) is 0 Å². The van der Waals surface area contributed by atoms with Gasteiger partial charge in [0.15, 0.2) is 0 Å². The molecule has 2 amide bonds. The Balaban J connectivity index is 1.70. The second-order valence-corrected chi connectivity index (χ2v) is 7.39. The van der Waals surface area contributed by atoms with Gasteiger partial charge in [0.2, 0.25) is 11.8 Å². The van der Waals surface area contributed by atoms with Crippen LogP contribution in [0.25, 0.3) is 0 Å². The maximum Gasteiger partial charge on any atom is 0.234 e. The second kappa shape index (κ2) is 11.8. The third-order valence-corrected chi connectivity index (χ3v) is 4.72. The van der Waals surface area contributed by atoms with E-state index in [0.717, 1.165) is 5.69 Å². The molecule has 0 aliphatic carbocycles. The van der Waals surface area contributed by atoms with E-state index in [1.807, 2.05) is 44.2 Å². The Kier molecular flexibility index (Phi) is 8.55. The van der Waals surface area contributed by atoms with Crippen molar-refractivity contribution in [3.63, 3.8) is 0 Å². The summed E-state index contributed by atoms with van der Waals surface area (Å²) in [6, 6.07) is 19.8. The van der Waals surface area contributed by atoms with Crippen LogP contribution in [0.5, 0.6) is 11.5 Å². The number of hydrogen-bond donors (Lipinski definition) is 3. The van der Waals surface area contributed by atoms with Crippen LogP contribution in [0.15, 0.2) is 66.7 Å². The van der Waals surface area contributed by atoms with E-state index in [0.29, 0.717) is 46.8 Å². The highest BCUT2D eigenvalue weighted by molar-refractivity contribution is 6.31. The maximum atomic E-state index is 12.6. The van der Waals surface area contributed by atoms with E-state index < -0.39 is 11.8 Å². The summed E-state index contributed by atoms with van der Waals surface area (Å²) in [7, 11) is 0. The van der Waals surface area contributed by atoms with Gasteiger partial charge in [0.05, 0.1) is 24.6 Å². The first-order chi connectivity index (χ1) is 16.0. The molecule has 0 fully saturated rings. The Morgan fingerprint density at radius 2 is 1.42 bits per heavy atom. The summed E-state index contributed by atoms with van der Waals surface area (Å²) in [6.45, 7) is 4.54. The second-order valence-electron chi connectivity index (χ2n) is 6.95. The molecule has 7 nitrogen and oxygen atoms in total. The molecule has 0 saturated carbocycles. The number of nitrogens with one attached hydrogen (secondary N) is 3. The van der Waals surface area contributed by atoms with Crippen LogP contribution in [0.4, 0.5) is 22.7 Å². The third-order valence-electron chi connectivity index (χ3n) is 4.48. The normalized spacial score (nSPS) is 10.3. The summed E-state index contributed by atoms with van der Waals surface area (Å²) in [4.78, 5) is 25.3. The third kappa shape index (κ3) is 6.89. The summed E-state index contributed by atoms with van der Waals surface area (Å²) >= 11 is 6.13. The van der Waals surface area contributed by atoms with Gasteiger partial charge in [0, 0.05) is 10.7 Å². The average molecular weight is 468 g/mol. The van der Waals surface area contributed by atoms with Crippen LogP contribution in [0, 0.1) is 0 Å². The van der Waals surface area contributed by atoms with Gasteiger partial charge in [-0.25, -0.2) is 0 Å². The Hall–Kier alpha value is -3.71. The number of anilines is 4. The van der Waals surface area contributed by atoms with Crippen LogP contribution in [0.1, 0.15) is 20.3 Å². The highest BCUT2D eigenvalue weighted by Crippen LogP contribution is 2.35. The van der Waals surface area contributed by atoms with E-state index in [1.54, 1.807) is 36.4 Å². The van der Waals surface area contributed by atoms with Crippen LogP contribution >= 0.6 is 11.6 Å². The molecule has 0 bridgehead atoms. The van der Waals surface area contributed by atoms with Crippen molar-refractivity contribution in [3.8, 4) is 11.5 Å². The number of carbonyl (C=O) groups excluding carboxylic acids is 2. The molecule has 0 aliphatic heterocycles. The van der Waals surface area contributed by atoms with E-state index in [-0.39, 0.29) is 6.42 Å². The number of amides is 2. The fourth-order valence-corrected chi connectivity index (χ4v) is 3.29. The van der Waals surface area contributed by atoms with Crippen LogP contribution in [-0.4, -0.2) is 25.0 Å². The highest BCUT2D eigenvalue weighted by Gasteiger charge is 2.17. The summed E-state index contributed by atoms with van der Waals surface area (Å²) < 4.78 is 11.2. The fraction of sp³-hybridized carbons (Fsp3) is 0.200. The minimum atomic E-state index is -0.493. The van der Waals surface area contributed by atoms with Gasteiger partial charge in [-0.05, 0) is 56.3 Å². The van der Waals surface area contributed by atoms with Crippen molar-refractivity contribution in [2.24, 2.45) is 0 Å². The number of ether oxygens (including phenoxy) is 2. The smallest absolute Gasteiger partial charge is 0.234 e. The van der Waals surface area contributed by atoms with Gasteiger partial charge in [-0.15, -0.1) is 0 Å². The van der Waals surface area contributed by atoms with Crippen molar-refractivity contribution in [1.82, 2.24) is 0 Å². The minimum absolute atomic E-state index is 0.389. The first kappa shape index (κ1) is 23.9. The van der Waals surface area contributed by atoms with E-state index in [2.05, 4.69) is 16.0 Å². The molecule has 8 heteroatoms. The number of rotatable bonds is 10. The lowest BCUT2D eigenvalue weighted by Crippen LogP contribution is -2.22. The average Bonchev–Trinajstić information content (AvgIpc) is 2.79. The molecule has 0 spiro atoms. The topological polar surface area (TPSA) is 88.7 Å². The molecule has 0 saturated heterocycles. The minimum Gasteiger partial charge on any atom is -0.492 e. The predicted molar refractivity (Wildman–Crippen MR) is 132 cm³/mol. The van der Waals surface area contributed by atoms with Crippen LogP contribution in [0.2, 0.25) is 5.02 Å². The largest absolute Gasteiger partial charge is 0.492 e. The van der Waals surface area contributed by atoms with E-state index in [1.165, 1.54) is 0 Å². The van der Waals surface area contributed by atoms with Crippen LogP contribution < -0.4 is 25.4 Å². The Morgan fingerprint density at radius 3 is 2.06 bits per heavy atom. The summed E-state index contributed by atoms with van der Waals surface area (Å²) in [5.74, 6) is -0.0153. The SMILES string of the molecule is CCOc1cccc(OCC)c1NC(=O)CC(=O)Nc1ccc(Cl)cc1Nc1ccccc1. The van der Waals surface area contributed by atoms with E-state index >= 15 is 0 Å². The molecule has 3 aromatic rings. The molecule has 0 unspecified atom stereocenters. The zero-order valence-electron chi connectivity index (χ0n) is 18.5. The highest BCUT2D eigenvalue weighted by atomic mass is 35.5. The number of benzene rings is 3. The molecule has 33 heavy (non-hydrogen) atoms. The lowest BCUT2D eigenvalue weighted by molar-refractivity contribution is -0.123. The molecule has 0 radical (unpaired) electrons. The van der Waals surface area contributed by atoms with Crippen molar-refractivity contribution in [1.29, 1.82) is 0 Å². The lowest BCUT2D eigenvalue weighted by Gasteiger charge is -2.16. The Labute approximate surface area is 198 Å². The monoisotopic (exact) mass is 467 g/mol. The first-order valence-electron chi connectivity index (χ1n) is 10.6. The Morgan fingerprint density at radius 1 is 0.788 bits per heavy atom. The standard InChI is InChI=1S/C25H26ClN3O4/c1-3-32-21-11-8-12-22(33-4-2)25(21)29-24(31)16-23(30)28-19-14-13-17(26)15-20(19)27-18-9-6-5-7-10-18/h5-15,27H,3-4,16H2,1-2H3,(H,28,30)(H,29,31). The molecular formula is C25H26ClN3O4. The number of halogens is 1. The molecule has 0 atom stereocenters. The number of para-hydroxylation sites is 2. The Bertz CT molecular complexity index is 1080. The molecule has 3 N–H and O–H groups in total. The van der Waals surface area contributed by atoms with Crippen molar-refractivity contribution in [2.75, 3.05) is 29.2 Å². The lowest BCUT2D eigenvalue weighted by atomic mass is 10.2. The summed E-state index contributed by atoms with van der Waals surface area (Å²) in [6.07, 6.45) is -0.389. The fourth-order valence-electron chi connectivity index (χ4n) is 3.12.